The van der Waals surface area contributed by atoms with Crippen molar-refractivity contribution in [1.82, 2.24) is 4.98 Å². The molecule has 1 heterocycles. The number of hydrogen-bond acceptors (Lipinski definition) is 4. The van der Waals surface area contributed by atoms with Crippen LogP contribution in [0.15, 0.2) is 66.4 Å². The molecule has 1 N–H and O–H groups in total. The quantitative estimate of drug-likeness (QED) is 0.304. The minimum absolute atomic E-state index is 0. The van der Waals surface area contributed by atoms with Crippen LogP contribution >= 0.6 is 0 Å². The number of rotatable bonds is 3. The maximum absolute atomic E-state index is 10.0. The predicted molar refractivity (Wildman–Crippen MR) is 99.6 cm³/mol. The summed E-state index contributed by atoms with van der Waals surface area (Å²) in [5.74, 6) is 0.729. The van der Waals surface area contributed by atoms with Crippen LogP contribution in [0.4, 0.5) is 0 Å². The van der Waals surface area contributed by atoms with Crippen molar-refractivity contribution < 1.29 is 34.7 Å². The molecule has 1 aromatic heterocycles. The van der Waals surface area contributed by atoms with Gasteiger partial charge in [0.05, 0.1) is 18.4 Å². The van der Waals surface area contributed by atoms with Crippen LogP contribution in [0.3, 0.4) is 0 Å². The molecule has 0 aliphatic rings. The molecule has 0 saturated carbocycles. The molecule has 26 heavy (non-hydrogen) atoms. The Balaban J connectivity index is 0.000000366. The van der Waals surface area contributed by atoms with E-state index >= 15 is 0 Å². The number of ether oxygens (including phenoxy) is 1. The van der Waals surface area contributed by atoms with E-state index in [1.807, 2.05) is 42.5 Å². The number of nitrogens with zero attached hydrogens (tertiary/aromatic N) is 1. The minimum atomic E-state index is -0.125. The number of aliphatic hydroxyl groups excluding tert-OH is 1. The van der Waals surface area contributed by atoms with Gasteiger partial charge in [-0.2, -0.15) is 0 Å². The largest absolute Gasteiger partial charge is 0.540 e. The third kappa shape index (κ3) is 6.10. The maximum atomic E-state index is 10.0. The second kappa shape index (κ2) is 10.5. The molecule has 0 saturated heterocycles. The molecule has 0 spiro atoms. The molecule has 0 bridgehead atoms. The Morgan fingerprint density at radius 3 is 2.46 bits per heavy atom. The first-order valence-electron chi connectivity index (χ1n) is 7.80. The van der Waals surface area contributed by atoms with Gasteiger partial charge in [-0.1, -0.05) is 35.9 Å². The van der Waals surface area contributed by atoms with E-state index in [0.29, 0.717) is 0 Å². The first kappa shape index (κ1) is 21.6. The van der Waals surface area contributed by atoms with E-state index < -0.39 is 0 Å². The summed E-state index contributed by atoms with van der Waals surface area (Å²) in [6.07, 6.45) is 1.17. The summed E-state index contributed by atoms with van der Waals surface area (Å²) in [7, 11) is 1.66. The van der Waals surface area contributed by atoms with Crippen LogP contribution in [0.2, 0.25) is 0 Å². The Bertz CT molecular complexity index is 902. The van der Waals surface area contributed by atoms with E-state index in [0.717, 1.165) is 27.9 Å². The number of carbonyl (C=O) groups excluding carboxylic acids is 1. The van der Waals surface area contributed by atoms with Crippen LogP contribution in [0.25, 0.3) is 22.2 Å². The first-order valence-corrected chi connectivity index (χ1v) is 7.80. The van der Waals surface area contributed by atoms with Crippen LogP contribution in [0.5, 0.6) is 5.75 Å². The molecule has 1 radical (unpaired) electrons. The first-order chi connectivity index (χ1) is 12.0. The number of aromatic nitrogens is 1. The molecule has 0 amide bonds. The fraction of sp³-hybridized carbons (Fsp3) is 0.143. The number of ketones is 1. The van der Waals surface area contributed by atoms with Gasteiger partial charge in [0.1, 0.15) is 0 Å². The number of aliphatic hydroxyl groups is 1. The van der Waals surface area contributed by atoms with Gasteiger partial charge in [0.2, 0.25) is 0 Å². The Morgan fingerprint density at radius 1 is 1.12 bits per heavy atom. The summed E-state index contributed by atoms with van der Waals surface area (Å²) in [5.41, 5.74) is 2.76. The van der Waals surface area contributed by atoms with Crippen LogP contribution in [0, 0.1) is 6.07 Å². The Kier molecular flexibility index (Phi) is 8.69. The molecule has 0 aliphatic carbocycles. The molecule has 2 aromatic carbocycles. The SMILES string of the molecule is CC(=O)/C=C(/C)O.COc1ccc[c-]c1-c1ccc2ccccc2n1.[Ir]. The van der Waals surface area contributed by atoms with Gasteiger partial charge in [0, 0.05) is 31.9 Å². The molecular formula is C21H20IrNO3-. The summed E-state index contributed by atoms with van der Waals surface area (Å²) in [5, 5.41) is 9.50. The van der Waals surface area contributed by atoms with E-state index in [1.54, 1.807) is 7.11 Å². The molecule has 0 fully saturated rings. The summed E-state index contributed by atoms with van der Waals surface area (Å²) in [6, 6.07) is 21.0. The zero-order valence-electron chi connectivity index (χ0n) is 14.8. The Hall–Kier alpha value is -2.49. The normalized spacial score (nSPS) is 10.3. The van der Waals surface area contributed by atoms with Gasteiger partial charge in [-0.15, -0.1) is 24.3 Å². The van der Waals surface area contributed by atoms with Crippen molar-refractivity contribution in [2.45, 2.75) is 13.8 Å². The van der Waals surface area contributed by atoms with E-state index in [4.69, 9.17) is 9.84 Å². The van der Waals surface area contributed by atoms with Gasteiger partial charge in [-0.25, -0.2) is 0 Å². The average Bonchev–Trinajstić information content (AvgIpc) is 2.60. The zero-order valence-corrected chi connectivity index (χ0v) is 17.2. The predicted octanol–water partition coefficient (Wildman–Crippen LogP) is 4.75. The molecule has 4 nitrogen and oxygen atoms in total. The fourth-order valence-corrected chi connectivity index (χ4v) is 2.29. The van der Waals surface area contributed by atoms with Crippen LogP contribution in [0.1, 0.15) is 13.8 Å². The van der Waals surface area contributed by atoms with Gasteiger partial charge in [0.15, 0.2) is 5.78 Å². The van der Waals surface area contributed by atoms with Crippen molar-refractivity contribution >= 4 is 16.7 Å². The van der Waals surface area contributed by atoms with E-state index in [9.17, 15) is 4.79 Å². The number of methoxy groups -OCH3 is 1. The van der Waals surface area contributed by atoms with Crippen molar-refractivity contribution in [1.29, 1.82) is 0 Å². The number of allylic oxidation sites excluding steroid dienone is 2. The summed E-state index contributed by atoms with van der Waals surface area (Å²) < 4.78 is 5.34. The van der Waals surface area contributed by atoms with Gasteiger partial charge in [-0.3, -0.25) is 9.78 Å². The third-order valence-corrected chi connectivity index (χ3v) is 3.30. The van der Waals surface area contributed by atoms with Crippen LogP contribution in [-0.4, -0.2) is 23.0 Å². The van der Waals surface area contributed by atoms with Crippen LogP contribution in [-0.2, 0) is 24.9 Å². The summed E-state index contributed by atoms with van der Waals surface area (Å²) in [6.45, 7) is 2.85. The fourth-order valence-electron chi connectivity index (χ4n) is 2.29. The minimum Gasteiger partial charge on any atom is -0.540 e. The molecule has 0 aliphatic heterocycles. The maximum Gasteiger partial charge on any atom is 0.155 e. The van der Waals surface area contributed by atoms with Crippen molar-refractivity contribution in [3.8, 4) is 17.0 Å². The number of carbonyl (C=O) groups is 1. The number of hydrogen-bond donors (Lipinski definition) is 1. The van der Waals surface area contributed by atoms with E-state index in [-0.39, 0.29) is 31.6 Å². The Morgan fingerprint density at radius 2 is 1.85 bits per heavy atom. The van der Waals surface area contributed by atoms with Gasteiger partial charge >= 0.3 is 0 Å². The molecular weight excluding hydrogens is 506 g/mol. The Labute approximate surface area is 166 Å². The van der Waals surface area contributed by atoms with E-state index in [2.05, 4.69) is 23.2 Å². The summed E-state index contributed by atoms with van der Waals surface area (Å²) in [4.78, 5) is 14.7. The third-order valence-electron chi connectivity index (χ3n) is 3.30. The van der Waals surface area contributed by atoms with Crippen molar-refractivity contribution in [2.24, 2.45) is 0 Å². The zero-order chi connectivity index (χ0) is 18.2. The molecule has 3 rings (SSSR count). The molecule has 0 unspecified atom stereocenters. The molecule has 0 atom stereocenters. The van der Waals surface area contributed by atoms with Gasteiger partial charge in [0.25, 0.3) is 0 Å². The number of benzene rings is 2. The average molecular weight is 527 g/mol. The van der Waals surface area contributed by atoms with Crippen molar-refractivity contribution in [2.75, 3.05) is 7.11 Å². The number of pyridine rings is 1. The number of fused-ring (bicyclic) bond motifs is 1. The topological polar surface area (TPSA) is 59.4 Å². The molecule has 5 heteroatoms. The molecule has 3 aromatic rings. The second-order valence-electron chi connectivity index (χ2n) is 5.40. The second-order valence-corrected chi connectivity index (χ2v) is 5.40. The smallest absolute Gasteiger partial charge is 0.155 e. The number of para-hydroxylation sites is 1. The monoisotopic (exact) mass is 527 g/mol. The standard InChI is InChI=1S/C16H12NO.C5H8O2.Ir/c1-18-16-9-5-3-7-13(16)15-11-10-12-6-2-4-8-14(12)17-15;1-4(6)3-5(2)7;/h2-6,8-11H,1H3;3,6H,1-2H3;/q-1;;/b;4-3-;. The molecule has 137 valence electrons. The van der Waals surface area contributed by atoms with E-state index in [1.165, 1.54) is 19.9 Å². The van der Waals surface area contributed by atoms with Crippen molar-refractivity contribution in [3.63, 3.8) is 0 Å². The van der Waals surface area contributed by atoms with Gasteiger partial charge < -0.3 is 9.84 Å². The van der Waals surface area contributed by atoms with Crippen molar-refractivity contribution in [3.05, 3.63) is 72.5 Å². The van der Waals surface area contributed by atoms with Gasteiger partial charge in [-0.05, 0) is 31.0 Å². The summed E-state index contributed by atoms with van der Waals surface area (Å²) >= 11 is 0. The van der Waals surface area contributed by atoms with Crippen LogP contribution < -0.4 is 4.74 Å².